The Kier molecular flexibility index (Phi) is 2.76. The van der Waals surface area contributed by atoms with Gasteiger partial charge in [0.2, 0.25) is 0 Å². The summed E-state index contributed by atoms with van der Waals surface area (Å²) >= 11 is 0. The molecule has 2 heteroatoms. The number of allylic oxidation sites excluding steroid dienone is 2. The number of piperidine rings is 1. The highest BCUT2D eigenvalue weighted by molar-refractivity contribution is 5.96. The van der Waals surface area contributed by atoms with Gasteiger partial charge in [-0.1, -0.05) is 19.8 Å². The summed E-state index contributed by atoms with van der Waals surface area (Å²) < 4.78 is 0. The lowest BCUT2D eigenvalue weighted by molar-refractivity contribution is -0.117. The lowest BCUT2D eigenvalue weighted by Crippen LogP contribution is -2.51. The number of rotatable bonds is 0. The molecule has 3 rings (SSSR count). The normalized spacial score (nSPS) is 37.9. The average molecular weight is 233 g/mol. The maximum Gasteiger partial charge on any atom is 0.162 e. The van der Waals surface area contributed by atoms with E-state index in [1.54, 1.807) is 0 Å². The molecular formula is C15H23NO. The van der Waals surface area contributed by atoms with E-state index in [1.807, 2.05) is 6.92 Å². The predicted molar refractivity (Wildman–Crippen MR) is 68.6 cm³/mol. The Balaban J connectivity index is 1.95. The van der Waals surface area contributed by atoms with E-state index in [1.165, 1.54) is 31.4 Å². The molecule has 0 bridgehead atoms. The van der Waals surface area contributed by atoms with Crippen LogP contribution in [0.15, 0.2) is 11.3 Å². The van der Waals surface area contributed by atoms with E-state index in [0.717, 1.165) is 42.8 Å². The van der Waals surface area contributed by atoms with Crippen LogP contribution in [0, 0.1) is 11.8 Å². The highest BCUT2D eigenvalue weighted by Crippen LogP contribution is 2.44. The molecule has 0 radical (unpaired) electrons. The Morgan fingerprint density at radius 2 is 2.00 bits per heavy atom. The molecule has 2 heterocycles. The first-order chi connectivity index (χ1) is 8.18. The molecule has 3 atom stereocenters. The van der Waals surface area contributed by atoms with Gasteiger partial charge in [-0.2, -0.15) is 0 Å². The van der Waals surface area contributed by atoms with Crippen molar-refractivity contribution in [2.45, 2.75) is 58.4 Å². The summed E-state index contributed by atoms with van der Waals surface area (Å²) in [5, 5.41) is 0. The van der Waals surface area contributed by atoms with E-state index in [-0.39, 0.29) is 0 Å². The van der Waals surface area contributed by atoms with Crippen LogP contribution in [0.2, 0.25) is 0 Å². The Labute approximate surface area is 104 Å². The molecule has 17 heavy (non-hydrogen) atoms. The maximum atomic E-state index is 11.8. The molecule has 1 saturated heterocycles. The van der Waals surface area contributed by atoms with Crippen LogP contribution < -0.4 is 0 Å². The van der Waals surface area contributed by atoms with Crippen molar-refractivity contribution in [2.75, 3.05) is 6.54 Å². The van der Waals surface area contributed by atoms with Gasteiger partial charge < -0.3 is 4.90 Å². The molecular weight excluding hydrogens is 210 g/mol. The fourth-order valence-electron chi connectivity index (χ4n) is 4.20. The van der Waals surface area contributed by atoms with Gasteiger partial charge in [0.05, 0.1) is 0 Å². The Hall–Kier alpha value is -0.790. The Morgan fingerprint density at radius 1 is 1.24 bits per heavy atom. The molecule has 94 valence electrons. The van der Waals surface area contributed by atoms with E-state index in [4.69, 9.17) is 0 Å². The molecule has 1 saturated carbocycles. The van der Waals surface area contributed by atoms with Crippen molar-refractivity contribution in [3.63, 3.8) is 0 Å². The summed E-state index contributed by atoms with van der Waals surface area (Å²) in [6, 6.07) is 0.741. The SMILES string of the molecule is CC1=C2CC(C)C3CCCCC3N2CCC1=O. The second-order valence-corrected chi connectivity index (χ2v) is 6.14. The third kappa shape index (κ3) is 1.73. The van der Waals surface area contributed by atoms with Crippen molar-refractivity contribution in [1.82, 2.24) is 4.90 Å². The molecule has 3 aliphatic rings. The predicted octanol–water partition coefficient (Wildman–Crippen LogP) is 3.13. The number of fused-ring (bicyclic) bond motifs is 3. The second-order valence-electron chi connectivity index (χ2n) is 6.14. The first-order valence-electron chi connectivity index (χ1n) is 7.18. The first kappa shape index (κ1) is 11.3. The number of Topliss-reactive ketones (excluding diaryl/α,β-unsaturated/α-hetero) is 1. The summed E-state index contributed by atoms with van der Waals surface area (Å²) in [6.07, 6.45) is 7.43. The van der Waals surface area contributed by atoms with Crippen LogP contribution in [0.3, 0.4) is 0 Å². The van der Waals surface area contributed by atoms with Crippen molar-refractivity contribution < 1.29 is 4.79 Å². The minimum absolute atomic E-state index is 0.387. The largest absolute Gasteiger partial charge is 0.371 e. The molecule has 2 nitrogen and oxygen atoms in total. The molecule has 2 fully saturated rings. The number of hydrogen-bond acceptors (Lipinski definition) is 2. The van der Waals surface area contributed by atoms with Crippen molar-refractivity contribution in [1.29, 1.82) is 0 Å². The van der Waals surface area contributed by atoms with Crippen molar-refractivity contribution in [3.05, 3.63) is 11.3 Å². The molecule has 2 aliphatic heterocycles. The standard InChI is InChI=1S/C15H23NO/c1-10-9-14-11(2)15(17)7-8-16(14)13-6-4-3-5-12(10)13/h10,12-13H,3-9H2,1-2H3. The van der Waals surface area contributed by atoms with Crippen LogP contribution in [-0.2, 0) is 4.79 Å². The van der Waals surface area contributed by atoms with Gasteiger partial charge in [-0.25, -0.2) is 0 Å². The van der Waals surface area contributed by atoms with Gasteiger partial charge in [-0.3, -0.25) is 4.79 Å². The van der Waals surface area contributed by atoms with Gasteiger partial charge in [0.25, 0.3) is 0 Å². The van der Waals surface area contributed by atoms with Crippen LogP contribution in [0.4, 0.5) is 0 Å². The van der Waals surface area contributed by atoms with Gasteiger partial charge in [0.1, 0.15) is 0 Å². The zero-order chi connectivity index (χ0) is 12.0. The fraction of sp³-hybridized carbons (Fsp3) is 0.800. The van der Waals surface area contributed by atoms with Gasteiger partial charge >= 0.3 is 0 Å². The summed E-state index contributed by atoms with van der Waals surface area (Å²) in [6.45, 7) is 5.42. The van der Waals surface area contributed by atoms with Crippen molar-refractivity contribution in [2.24, 2.45) is 11.8 Å². The third-order valence-electron chi connectivity index (χ3n) is 5.21. The maximum absolute atomic E-state index is 11.8. The minimum atomic E-state index is 0.387. The van der Waals surface area contributed by atoms with E-state index in [0.29, 0.717) is 5.78 Å². The number of carbonyl (C=O) groups excluding carboxylic acids is 1. The third-order valence-corrected chi connectivity index (χ3v) is 5.21. The number of ketones is 1. The van der Waals surface area contributed by atoms with Crippen LogP contribution in [0.25, 0.3) is 0 Å². The molecule has 3 unspecified atom stereocenters. The molecule has 0 aromatic rings. The van der Waals surface area contributed by atoms with Gasteiger partial charge in [0.15, 0.2) is 5.78 Å². The summed E-state index contributed by atoms with van der Waals surface area (Å²) in [7, 11) is 0. The highest BCUT2D eigenvalue weighted by Gasteiger charge is 2.41. The number of nitrogens with zero attached hydrogens (tertiary/aromatic N) is 1. The quantitative estimate of drug-likeness (QED) is 0.640. The monoisotopic (exact) mass is 233 g/mol. The Bertz CT molecular complexity index is 371. The zero-order valence-corrected chi connectivity index (χ0v) is 11.0. The summed E-state index contributed by atoms with van der Waals surface area (Å²) in [5.74, 6) is 2.04. The summed E-state index contributed by atoms with van der Waals surface area (Å²) in [5.41, 5.74) is 2.45. The van der Waals surface area contributed by atoms with Crippen LogP contribution >= 0.6 is 0 Å². The number of carbonyl (C=O) groups is 1. The van der Waals surface area contributed by atoms with E-state index < -0.39 is 0 Å². The smallest absolute Gasteiger partial charge is 0.162 e. The lowest BCUT2D eigenvalue weighted by atomic mass is 9.70. The number of hydrogen-bond donors (Lipinski definition) is 0. The van der Waals surface area contributed by atoms with Gasteiger partial charge in [-0.15, -0.1) is 0 Å². The van der Waals surface area contributed by atoms with Crippen LogP contribution in [0.5, 0.6) is 0 Å². The van der Waals surface area contributed by atoms with Gasteiger partial charge in [-0.05, 0) is 38.0 Å². The molecule has 0 aromatic carbocycles. The van der Waals surface area contributed by atoms with Crippen LogP contribution in [-0.4, -0.2) is 23.3 Å². The first-order valence-corrected chi connectivity index (χ1v) is 7.18. The minimum Gasteiger partial charge on any atom is -0.371 e. The van der Waals surface area contributed by atoms with Crippen molar-refractivity contribution >= 4 is 5.78 Å². The second kappa shape index (κ2) is 4.15. The lowest BCUT2D eigenvalue weighted by Gasteiger charge is -2.51. The summed E-state index contributed by atoms with van der Waals surface area (Å²) in [4.78, 5) is 14.4. The Morgan fingerprint density at radius 3 is 2.82 bits per heavy atom. The fourth-order valence-corrected chi connectivity index (χ4v) is 4.20. The molecule has 0 N–H and O–H groups in total. The molecule has 1 aliphatic carbocycles. The zero-order valence-electron chi connectivity index (χ0n) is 11.0. The molecule has 0 amide bonds. The average Bonchev–Trinajstić information content (AvgIpc) is 2.35. The van der Waals surface area contributed by atoms with E-state index in [2.05, 4.69) is 11.8 Å². The van der Waals surface area contributed by atoms with E-state index in [9.17, 15) is 4.79 Å². The van der Waals surface area contributed by atoms with Crippen LogP contribution in [0.1, 0.15) is 52.4 Å². The molecule has 0 aromatic heterocycles. The van der Waals surface area contributed by atoms with Crippen molar-refractivity contribution in [3.8, 4) is 0 Å². The molecule has 0 spiro atoms. The van der Waals surface area contributed by atoms with E-state index >= 15 is 0 Å². The topological polar surface area (TPSA) is 20.3 Å². The van der Waals surface area contributed by atoms with Gasteiger partial charge in [0, 0.05) is 30.3 Å². The highest BCUT2D eigenvalue weighted by atomic mass is 16.1.